The van der Waals surface area contributed by atoms with E-state index in [0.717, 1.165) is 6.26 Å². The van der Waals surface area contributed by atoms with E-state index in [1.165, 1.54) is 19.2 Å². The second-order valence-electron chi connectivity index (χ2n) is 4.26. The molecule has 1 rings (SSSR count). The van der Waals surface area contributed by atoms with Gasteiger partial charge in [-0.15, -0.1) is 0 Å². The number of carboxylic acids is 1. The van der Waals surface area contributed by atoms with Crippen molar-refractivity contribution >= 4 is 15.8 Å². The van der Waals surface area contributed by atoms with Crippen LogP contribution in [0.5, 0.6) is 5.75 Å². The van der Waals surface area contributed by atoms with Crippen LogP contribution in [0.3, 0.4) is 0 Å². The van der Waals surface area contributed by atoms with Crippen molar-refractivity contribution in [2.24, 2.45) is 5.73 Å². The van der Waals surface area contributed by atoms with Gasteiger partial charge in [-0.1, -0.05) is 0 Å². The molecule has 0 bridgehead atoms. The number of methoxy groups -OCH3 is 1. The van der Waals surface area contributed by atoms with E-state index in [2.05, 4.69) is 0 Å². The number of rotatable bonds is 5. The lowest BCUT2D eigenvalue weighted by Crippen LogP contribution is -2.23. The molecule has 19 heavy (non-hydrogen) atoms. The second-order valence-corrected chi connectivity index (χ2v) is 6.24. The first-order valence-electron chi connectivity index (χ1n) is 5.53. The Kier molecular flexibility index (Phi) is 4.54. The van der Waals surface area contributed by atoms with Gasteiger partial charge in [0.05, 0.1) is 17.9 Å². The fourth-order valence-corrected chi connectivity index (χ4v) is 2.87. The standard InChI is InChI=1S/C12H17NO5S/c1-7-4-11(19(3,16)17)8(5-10(7)18-2)9(6-13)12(14)15/h4-5,9H,6,13H2,1-3H3,(H,14,15). The number of carboxylic acid groups (broad SMARTS) is 1. The Morgan fingerprint density at radius 3 is 2.42 bits per heavy atom. The minimum atomic E-state index is -3.54. The van der Waals surface area contributed by atoms with Gasteiger partial charge >= 0.3 is 5.97 Å². The minimum Gasteiger partial charge on any atom is -0.496 e. The van der Waals surface area contributed by atoms with Gasteiger partial charge in [0.25, 0.3) is 0 Å². The predicted octanol–water partition coefficient (Wildman–Crippen LogP) is 0.534. The van der Waals surface area contributed by atoms with Crippen LogP contribution in [-0.4, -0.2) is 39.4 Å². The van der Waals surface area contributed by atoms with Crippen LogP contribution in [0.2, 0.25) is 0 Å². The number of hydrogen-bond donors (Lipinski definition) is 2. The van der Waals surface area contributed by atoms with Crippen LogP contribution >= 0.6 is 0 Å². The largest absolute Gasteiger partial charge is 0.496 e. The molecule has 106 valence electrons. The van der Waals surface area contributed by atoms with Crippen molar-refractivity contribution < 1.29 is 23.1 Å². The van der Waals surface area contributed by atoms with Crippen LogP contribution in [0.1, 0.15) is 17.0 Å². The van der Waals surface area contributed by atoms with Crippen LogP contribution in [0.15, 0.2) is 17.0 Å². The molecule has 1 unspecified atom stereocenters. The Labute approximate surface area is 112 Å². The highest BCUT2D eigenvalue weighted by Gasteiger charge is 2.26. The zero-order valence-corrected chi connectivity index (χ0v) is 11.8. The highest BCUT2D eigenvalue weighted by Crippen LogP contribution is 2.31. The normalized spacial score (nSPS) is 13.1. The molecule has 0 amide bonds. The van der Waals surface area contributed by atoms with Gasteiger partial charge in [0.2, 0.25) is 0 Å². The van der Waals surface area contributed by atoms with E-state index in [1.54, 1.807) is 6.92 Å². The Balaban J connectivity index is 3.63. The first-order valence-corrected chi connectivity index (χ1v) is 7.43. The number of aryl methyl sites for hydroxylation is 1. The van der Waals surface area contributed by atoms with Gasteiger partial charge in [0, 0.05) is 12.8 Å². The molecule has 0 fully saturated rings. The lowest BCUT2D eigenvalue weighted by atomic mass is 9.97. The van der Waals surface area contributed by atoms with E-state index in [1.807, 2.05) is 0 Å². The first kappa shape index (κ1) is 15.5. The highest BCUT2D eigenvalue weighted by molar-refractivity contribution is 7.90. The maximum absolute atomic E-state index is 11.8. The zero-order chi connectivity index (χ0) is 14.8. The van der Waals surface area contributed by atoms with E-state index in [9.17, 15) is 13.2 Å². The summed E-state index contributed by atoms with van der Waals surface area (Å²) in [5.74, 6) is -1.82. The van der Waals surface area contributed by atoms with E-state index in [4.69, 9.17) is 15.6 Å². The van der Waals surface area contributed by atoms with Crippen molar-refractivity contribution in [3.8, 4) is 5.75 Å². The minimum absolute atomic E-state index is 0.0244. The van der Waals surface area contributed by atoms with Crippen LogP contribution in [0.25, 0.3) is 0 Å². The van der Waals surface area contributed by atoms with Gasteiger partial charge in [0.15, 0.2) is 9.84 Å². The smallest absolute Gasteiger partial charge is 0.312 e. The van der Waals surface area contributed by atoms with Crippen molar-refractivity contribution in [1.82, 2.24) is 0 Å². The van der Waals surface area contributed by atoms with Gasteiger partial charge in [-0.3, -0.25) is 4.79 Å². The fourth-order valence-electron chi connectivity index (χ4n) is 1.85. The van der Waals surface area contributed by atoms with E-state index >= 15 is 0 Å². The molecule has 0 aromatic heterocycles. The monoisotopic (exact) mass is 287 g/mol. The molecule has 3 N–H and O–H groups in total. The zero-order valence-electron chi connectivity index (χ0n) is 11.0. The molecular weight excluding hydrogens is 270 g/mol. The summed E-state index contributed by atoms with van der Waals surface area (Å²) in [5, 5.41) is 9.13. The predicted molar refractivity (Wildman–Crippen MR) is 70.3 cm³/mol. The first-order chi connectivity index (χ1) is 8.72. The van der Waals surface area contributed by atoms with Crippen LogP contribution in [0, 0.1) is 6.92 Å². The average Bonchev–Trinajstić information content (AvgIpc) is 2.29. The lowest BCUT2D eigenvalue weighted by Gasteiger charge is -2.17. The van der Waals surface area contributed by atoms with Gasteiger partial charge < -0.3 is 15.6 Å². The van der Waals surface area contributed by atoms with E-state index < -0.39 is 21.7 Å². The molecular formula is C12H17NO5S. The maximum Gasteiger partial charge on any atom is 0.312 e. The molecule has 6 nitrogen and oxygen atoms in total. The number of ether oxygens (including phenoxy) is 1. The van der Waals surface area contributed by atoms with Crippen molar-refractivity contribution in [2.75, 3.05) is 19.9 Å². The molecule has 0 spiro atoms. The molecule has 0 saturated heterocycles. The molecule has 7 heteroatoms. The summed E-state index contributed by atoms with van der Waals surface area (Å²) >= 11 is 0. The number of nitrogens with two attached hydrogens (primary N) is 1. The number of benzene rings is 1. The maximum atomic E-state index is 11.8. The fraction of sp³-hybridized carbons (Fsp3) is 0.417. The van der Waals surface area contributed by atoms with E-state index in [-0.39, 0.29) is 17.0 Å². The summed E-state index contributed by atoms with van der Waals surface area (Å²) in [6.07, 6.45) is 1.03. The Hall–Kier alpha value is -1.60. The number of aliphatic carboxylic acids is 1. The van der Waals surface area contributed by atoms with Crippen molar-refractivity contribution in [1.29, 1.82) is 0 Å². The third kappa shape index (κ3) is 3.24. The van der Waals surface area contributed by atoms with Gasteiger partial charge in [0.1, 0.15) is 5.75 Å². The lowest BCUT2D eigenvalue weighted by molar-refractivity contribution is -0.138. The Bertz CT molecular complexity index is 594. The van der Waals surface area contributed by atoms with E-state index in [0.29, 0.717) is 11.3 Å². The summed E-state index contributed by atoms with van der Waals surface area (Å²) in [6.45, 7) is 1.50. The summed E-state index contributed by atoms with van der Waals surface area (Å²) in [7, 11) is -2.11. The van der Waals surface area contributed by atoms with Gasteiger partial charge in [-0.25, -0.2) is 8.42 Å². The highest BCUT2D eigenvalue weighted by atomic mass is 32.2. The SMILES string of the molecule is COc1cc(C(CN)C(=O)O)c(S(C)(=O)=O)cc1C. The average molecular weight is 287 g/mol. The Morgan fingerprint density at radius 1 is 1.47 bits per heavy atom. The molecule has 0 heterocycles. The van der Waals surface area contributed by atoms with Crippen LogP contribution in [-0.2, 0) is 14.6 Å². The van der Waals surface area contributed by atoms with Crippen LogP contribution in [0.4, 0.5) is 0 Å². The summed E-state index contributed by atoms with van der Waals surface area (Å²) < 4.78 is 28.6. The summed E-state index contributed by atoms with van der Waals surface area (Å²) in [4.78, 5) is 11.2. The summed E-state index contributed by atoms with van der Waals surface area (Å²) in [5.41, 5.74) is 6.20. The van der Waals surface area contributed by atoms with Crippen molar-refractivity contribution in [3.63, 3.8) is 0 Å². The topological polar surface area (TPSA) is 107 Å². The number of hydrogen-bond acceptors (Lipinski definition) is 5. The molecule has 1 atom stereocenters. The van der Waals surface area contributed by atoms with Crippen LogP contribution < -0.4 is 10.5 Å². The molecule has 1 aromatic carbocycles. The van der Waals surface area contributed by atoms with Gasteiger partial charge in [-0.2, -0.15) is 0 Å². The molecule has 1 aromatic rings. The number of carbonyl (C=O) groups is 1. The molecule has 0 saturated carbocycles. The quantitative estimate of drug-likeness (QED) is 0.818. The van der Waals surface area contributed by atoms with Gasteiger partial charge in [-0.05, 0) is 30.2 Å². The third-order valence-corrected chi connectivity index (χ3v) is 3.99. The molecule has 0 aliphatic heterocycles. The molecule has 0 aliphatic rings. The number of sulfone groups is 1. The second kappa shape index (κ2) is 5.58. The molecule has 0 radical (unpaired) electrons. The summed E-state index contributed by atoms with van der Waals surface area (Å²) in [6, 6.07) is 2.84. The van der Waals surface area contributed by atoms with Crippen molar-refractivity contribution in [2.45, 2.75) is 17.7 Å². The Morgan fingerprint density at radius 2 is 2.05 bits per heavy atom. The van der Waals surface area contributed by atoms with Crippen molar-refractivity contribution in [3.05, 3.63) is 23.3 Å². The third-order valence-electron chi connectivity index (χ3n) is 2.84. The molecule has 0 aliphatic carbocycles.